The summed E-state index contributed by atoms with van der Waals surface area (Å²) < 4.78 is 4.98. The van der Waals surface area contributed by atoms with E-state index in [4.69, 9.17) is 9.84 Å². The molecule has 2 N–H and O–H groups in total. The van der Waals surface area contributed by atoms with E-state index in [1.54, 1.807) is 0 Å². The van der Waals surface area contributed by atoms with Gasteiger partial charge in [0, 0.05) is 13.7 Å². The molecule has 1 aromatic rings. The lowest BCUT2D eigenvalue weighted by molar-refractivity contribution is -0.140. The van der Waals surface area contributed by atoms with Crippen LogP contribution in [0.2, 0.25) is 0 Å². The Balaban J connectivity index is 2.38. The molecule has 0 fully saturated rings. The first-order valence-corrected chi connectivity index (χ1v) is 6.08. The Hall–Kier alpha value is -1.88. The number of amides is 1. The molecule has 0 aliphatic carbocycles. The summed E-state index contributed by atoms with van der Waals surface area (Å²) in [5, 5.41) is 11.3. The second-order valence-electron chi connectivity index (χ2n) is 4.42. The predicted octanol–water partition coefficient (Wildman–Crippen LogP) is 1.14. The van der Waals surface area contributed by atoms with E-state index < -0.39 is 12.1 Å². The monoisotopic (exact) mass is 265 g/mol. The number of hydrogen-bond donors (Lipinski definition) is 2. The van der Waals surface area contributed by atoms with Gasteiger partial charge in [0.15, 0.2) is 0 Å². The number of methoxy groups -OCH3 is 1. The summed E-state index contributed by atoms with van der Waals surface area (Å²) in [6.07, 6.45) is -0.343. The Kier molecular flexibility index (Phi) is 6.02. The molecule has 1 aromatic carbocycles. The second-order valence-corrected chi connectivity index (χ2v) is 4.42. The zero-order valence-electron chi connectivity index (χ0n) is 11.2. The van der Waals surface area contributed by atoms with Crippen molar-refractivity contribution >= 4 is 11.9 Å². The van der Waals surface area contributed by atoms with E-state index in [0.717, 1.165) is 11.1 Å². The van der Waals surface area contributed by atoms with Gasteiger partial charge < -0.3 is 15.2 Å². The molecule has 19 heavy (non-hydrogen) atoms. The maximum Gasteiger partial charge on any atom is 0.306 e. The molecule has 0 bridgehead atoms. The third-order valence-electron chi connectivity index (χ3n) is 2.75. The number of carbonyl (C=O) groups is 2. The van der Waals surface area contributed by atoms with Gasteiger partial charge in [-0.3, -0.25) is 9.59 Å². The zero-order chi connectivity index (χ0) is 14.3. The van der Waals surface area contributed by atoms with E-state index in [-0.39, 0.29) is 25.3 Å². The third-order valence-corrected chi connectivity index (χ3v) is 2.75. The largest absolute Gasteiger partial charge is 0.481 e. The molecule has 104 valence electrons. The van der Waals surface area contributed by atoms with Gasteiger partial charge in [-0.2, -0.15) is 0 Å². The number of hydrogen-bond acceptors (Lipinski definition) is 3. The van der Waals surface area contributed by atoms with Gasteiger partial charge in [-0.1, -0.05) is 29.8 Å². The number of aryl methyl sites for hydroxylation is 1. The Morgan fingerprint density at radius 2 is 1.95 bits per heavy atom. The van der Waals surface area contributed by atoms with Crippen LogP contribution in [0.1, 0.15) is 17.5 Å². The molecule has 1 unspecified atom stereocenters. The van der Waals surface area contributed by atoms with Crippen LogP contribution in [0.3, 0.4) is 0 Å². The Morgan fingerprint density at radius 1 is 1.32 bits per heavy atom. The molecule has 0 aliphatic rings. The number of ether oxygens (including phenoxy) is 1. The number of nitrogens with one attached hydrogen (secondary N) is 1. The minimum absolute atomic E-state index is 0.124. The minimum atomic E-state index is -0.945. The maximum atomic E-state index is 11.7. The molecule has 1 rings (SSSR count). The van der Waals surface area contributed by atoms with E-state index in [0.29, 0.717) is 0 Å². The molecule has 5 heteroatoms. The van der Waals surface area contributed by atoms with E-state index in [9.17, 15) is 9.59 Å². The molecular formula is C14H19NO4. The Morgan fingerprint density at radius 3 is 2.47 bits per heavy atom. The summed E-state index contributed by atoms with van der Waals surface area (Å²) in [6.45, 7) is 2.19. The van der Waals surface area contributed by atoms with Crippen molar-refractivity contribution in [1.29, 1.82) is 0 Å². The quantitative estimate of drug-likeness (QED) is 0.775. The van der Waals surface area contributed by atoms with E-state index in [2.05, 4.69) is 5.32 Å². The van der Waals surface area contributed by atoms with E-state index in [1.807, 2.05) is 31.2 Å². The van der Waals surface area contributed by atoms with Crippen LogP contribution in [-0.4, -0.2) is 36.7 Å². The van der Waals surface area contributed by atoms with Crippen molar-refractivity contribution < 1.29 is 19.4 Å². The predicted molar refractivity (Wildman–Crippen MR) is 70.9 cm³/mol. The van der Waals surface area contributed by atoms with Crippen LogP contribution < -0.4 is 5.32 Å². The van der Waals surface area contributed by atoms with Gasteiger partial charge in [0.2, 0.25) is 5.91 Å². The van der Waals surface area contributed by atoms with Gasteiger partial charge in [0.1, 0.15) is 0 Å². The highest BCUT2D eigenvalue weighted by atomic mass is 16.5. The highest BCUT2D eigenvalue weighted by molar-refractivity contribution is 5.78. The summed E-state index contributed by atoms with van der Waals surface area (Å²) in [4.78, 5) is 22.2. The van der Waals surface area contributed by atoms with Crippen molar-refractivity contribution in [1.82, 2.24) is 5.32 Å². The maximum absolute atomic E-state index is 11.7. The molecule has 0 saturated heterocycles. The SMILES string of the molecule is COC(CNC(=O)Cc1ccc(C)cc1)CC(=O)O. The summed E-state index contributed by atoms with van der Waals surface area (Å²) in [7, 11) is 1.43. The summed E-state index contributed by atoms with van der Waals surface area (Å²) in [5.74, 6) is -1.09. The van der Waals surface area contributed by atoms with Crippen LogP contribution in [0.25, 0.3) is 0 Å². The summed E-state index contributed by atoms with van der Waals surface area (Å²) in [5.41, 5.74) is 2.07. The molecule has 0 aliphatic heterocycles. The third kappa shape index (κ3) is 6.01. The van der Waals surface area contributed by atoms with Gasteiger partial charge in [-0.25, -0.2) is 0 Å². The van der Waals surface area contributed by atoms with Crippen LogP contribution in [-0.2, 0) is 20.7 Å². The van der Waals surface area contributed by atoms with Gasteiger partial charge >= 0.3 is 5.97 Å². The van der Waals surface area contributed by atoms with Crippen molar-refractivity contribution in [2.75, 3.05) is 13.7 Å². The molecule has 1 amide bonds. The average molecular weight is 265 g/mol. The number of aliphatic carboxylic acids is 1. The van der Waals surface area contributed by atoms with Crippen molar-refractivity contribution in [3.05, 3.63) is 35.4 Å². The first kappa shape index (κ1) is 15.2. The van der Waals surface area contributed by atoms with Crippen molar-refractivity contribution in [2.24, 2.45) is 0 Å². The smallest absolute Gasteiger partial charge is 0.306 e. The lowest BCUT2D eigenvalue weighted by atomic mass is 10.1. The average Bonchev–Trinajstić information content (AvgIpc) is 2.37. The lowest BCUT2D eigenvalue weighted by Crippen LogP contribution is -2.35. The zero-order valence-corrected chi connectivity index (χ0v) is 11.2. The molecule has 0 saturated carbocycles. The number of benzene rings is 1. The fourth-order valence-electron chi connectivity index (χ4n) is 1.62. The number of rotatable bonds is 7. The molecule has 0 heterocycles. The van der Waals surface area contributed by atoms with Crippen LogP contribution in [0, 0.1) is 6.92 Å². The van der Waals surface area contributed by atoms with E-state index in [1.165, 1.54) is 7.11 Å². The molecule has 0 radical (unpaired) electrons. The number of carboxylic acid groups (broad SMARTS) is 1. The minimum Gasteiger partial charge on any atom is -0.481 e. The number of carboxylic acids is 1. The van der Waals surface area contributed by atoms with Crippen LogP contribution >= 0.6 is 0 Å². The first-order valence-electron chi connectivity index (χ1n) is 6.08. The van der Waals surface area contributed by atoms with Crippen molar-refractivity contribution in [2.45, 2.75) is 25.9 Å². The molecule has 0 aromatic heterocycles. The first-order chi connectivity index (χ1) is 9.01. The van der Waals surface area contributed by atoms with Crippen LogP contribution in [0.15, 0.2) is 24.3 Å². The highest BCUT2D eigenvalue weighted by Gasteiger charge is 2.13. The van der Waals surface area contributed by atoms with Gasteiger partial charge in [0.25, 0.3) is 0 Å². The van der Waals surface area contributed by atoms with Crippen LogP contribution in [0.5, 0.6) is 0 Å². The Labute approximate surface area is 112 Å². The van der Waals surface area contributed by atoms with E-state index >= 15 is 0 Å². The molecule has 0 spiro atoms. The van der Waals surface area contributed by atoms with Gasteiger partial charge in [-0.15, -0.1) is 0 Å². The highest BCUT2D eigenvalue weighted by Crippen LogP contribution is 2.04. The second kappa shape index (κ2) is 7.53. The standard InChI is InChI=1S/C14H19NO4/c1-10-3-5-11(6-4-10)7-13(16)15-9-12(19-2)8-14(17)18/h3-6,12H,7-9H2,1-2H3,(H,15,16)(H,17,18). The van der Waals surface area contributed by atoms with Crippen molar-refractivity contribution in [3.63, 3.8) is 0 Å². The Bertz CT molecular complexity index is 428. The van der Waals surface area contributed by atoms with Crippen molar-refractivity contribution in [3.8, 4) is 0 Å². The summed E-state index contributed by atoms with van der Waals surface area (Å²) >= 11 is 0. The summed E-state index contributed by atoms with van der Waals surface area (Å²) in [6, 6.07) is 7.70. The van der Waals surface area contributed by atoms with Gasteiger partial charge in [0.05, 0.1) is 18.9 Å². The lowest BCUT2D eigenvalue weighted by Gasteiger charge is -2.13. The molecular weight excluding hydrogens is 246 g/mol. The molecule has 5 nitrogen and oxygen atoms in total. The molecule has 1 atom stereocenters. The van der Waals surface area contributed by atoms with Gasteiger partial charge in [-0.05, 0) is 12.5 Å². The topological polar surface area (TPSA) is 75.6 Å². The van der Waals surface area contributed by atoms with Crippen LogP contribution in [0.4, 0.5) is 0 Å². The normalized spacial score (nSPS) is 11.9. The fraction of sp³-hybridized carbons (Fsp3) is 0.429. The number of carbonyl (C=O) groups excluding carboxylic acids is 1. The fourth-order valence-corrected chi connectivity index (χ4v) is 1.62.